The van der Waals surface area contributed by atoms with E-state index >= 15 is 0 Å². The smallest absolute Gasteiger partial charge is 0.272 e. The molecule has 0 aliphatic heterocycles. The lowest BCUT2D eigenvalue weighted by molar-refractivity contribution is 0.0924. The average molecular weight is 272 g/mol. The van der Waals surface area contributed by atoms with Crippen LogP contribution in [0.5, 0.6) is 0 Å². The molecule has 3 rings (SSSR count). The van der Waals surface area contributed by atoms with E-state index in [1.165, 1.54) is 25.7 Å². The van der Waals surface area contributed by atoms with Crippen molar-refractivity contribution < 1.29 is 4.79 Å². The number of fused-ring (bicyclic) bond motifs is 1. The minimum Gasteiger partial charge on any atom is -0.399 e. The van der Waals surface area contributed by atoms with Crippen LogP contribution in [0.15, 0.2) is 18.2 Å². The molecule has 106 valence electrons. The summed E-state index contributed by atoms with van der Waals surface area (Å²) in [6.07, 6.45) is 4.95. The molecule has 0 radical (unpaired) electrons. The third kappa shape index (κ3) is 2.35. The number of nitrogens with one attached hydrogen (secondary N) is 2. The van der Waals surface area contributed by atoms with Gasteiger partial charge in [-0.25, -0.2) is 0 Å². The van der Waals surface area contributed by atoms with Gasteiger partial charge in [0.1, 0.15) is 0 Å². The minimum absolute atomic E-state index is 0.124. The van der Waals surface area contributed by atoms with Crippen molar-refractivity contribution >= 4 is 22.5 Å². The predicted molar refractivity (Wildman–Crippen MR) is 79.4 cm³/mol. The van der Waals surface area contributed by atoms with Crippen molar-refractivity contribution in [3.8, 4) is 0 Å². The molecule has 4 N–H and O–H groups in total. The molecule has 1 heterocycles. The van der Waals surface area contributed by atoms with Crippen molar-refractivity contribution in [3.05, 3.63) is 23.9 Å². The number of aromatic nitrogens is 2. The van der Waals surface area contributed by atoms with Crippen LogP contribution in [0.4, 0.5) is 5.69 Å². The van der Waals surface area contributed by atoms with Gasteiger partial charge in [0.2, 0.25) is 0 Å². The van der Waals surface area contributed by atoms with Gasteiger partial charge in [0.15, 0.2) is 5.69 Å². The molecule has 2 aromatic rings. The first kappa shape index (κ1) is 13.0. The van der Waals surface area contributed by atoms with Gasteiger partial charge in [-0.3, -0.25) is 9.89 Å². The number of nitrogens with zero attached hydrogens (tertiary/aromatic N) is 1. The van der Waals surface area contributed by atoms with Gasteiger partial charge < -0.3 is 11.1 Å². The molecule has 1 aliphatic rings. The molecule has 1 aromatic carbocycles. The number of nitrogens with two attached hydrogens (primary N) is 1. The fourth-order valence-corrected chi connectivity index (χ4v) is 3.06. The van der Waals surface area contributed by atoms with Crippen LogP contribution in [-0.2, 0) is 0 Å². The van der Waals surface area contributed by atoms with Crippen LogP contribution in [0, 0.1) is 5.92 Å². The second-order valence-electron chi connectivity index (χ2n) is 5.68. The molecule has 1 unspecified atom stereocenters. The van der Waals surface area contributed by atoms with Gasteiger partial charge in [-0.05, 0) is 43.9 Å². The summed E-state index contributed by atoms with van der Waals surface area (Å²) in [5, 5.41) is 10.8. The first-order valence-electron chi connectivity index (χ1n) is 7.19. The normalized spacial score (nSPS) is 17.4. The molecule has 1 aromatic heterocycles. The summed E-state index contributed by atoms with van der Waals surface area (Å²) in [6, 6.07) is 5.62. The lowest BCUT2D eigenvalue weighted by Gasteiger charge is -2.19. The molecule has 5 nitrogen and oxygen atoms in total. The number of amides is 1. The van der Waals surface area contributed by atoms with Crippen LogP contribution in [0.1, 0.15) is 43.1 Å². The van der Waals surface area contributed by atoms with Gasteiger partial charge in [0.05, 0.1) is 5.52 Å². The first-order valence-corrected chi connectivity index (χ1v) is 7.19. The molecular weight excluding hydrogens is 252 g/mol. The largest absolute Gasteiger partial charge is 0.399 e. The van der Waals surface area contributed by atoms with Gasteiger partial charge >= 0.3 is 0 Å². The van der Waals surface area contributed by atoms with Crippen LogP contribution in [-0.4, -0.2) is 22.1 Å². The number of aromatic amines is 1. The summed E-state index contributed by atoms with van der Waals surface area (Å²) in [5.74, 6) is 0.468. The summed E-state index contributed by atoms with van der Waals surface area (Å²) in [6.45, 7) is 2.08. The maximum atomic E-state index is 12.4. The SMILES string of the molecule is CC(NC(=O)c1n[nH]c2ccc(N)cc12)C1CCCC1. The van der Waals surface area contributed by atoms with Gasteiger partial charge in [-0.2, -0.15) is 5.10 Å². The van der Waals surface area contributed by atoms with E-state index < -0.39 is 0 Å². The molecular formula is C15H20N4O. The molecule has 1 aliphatic carbocycles. The van der Waals surface area contributed by atoms with E-state index in [4.69, 9.17) is 5.73 Å². The fourth-order valence-electron chi connectivity index (χ4n) is 3.06. The van der Waals surface area contributed by atoms with E-state index in [0.717, 1.165) is 10.9 Å². The Hall–Kier alpha value is -2.04. The van der Waals surface area contributed by atoms with Crippen LogP contribution in [0.25, 0.3) is 10.9 Å². The Morgan fingerprint density at radius 2 is 2.20 bits per heavy atom. The molecule has 1 amide bonds. The van der Waals surface area contributed by atoms with Gasteiger partial charge in [-0.1, -0.05) is 12.8 Å². The monoisotopic (exact) mass is 272 g/mol. The molecule has 0 spiro atoms. The number of carbonyl (C=O) groups is 1. The summed E-state index contributed by atoms with van der Waals surface area (Å²) in [4.78, 5) is 12.4. The van der Waals surface area contributed by atoms with Crippen LogP contribution < -0.4 is 11.1 Å². The van der Waals surface area contributed by atoms with E-state index in [9.17, 15) is 4.79 Å². The zero-order chi connectivity index (χ0) is 14.1. The van der Waals surface area contributed by atoms with E-state index in [1.807, 2.05) is 6.07 Å². The number of nitrogen functional groups attached to an aromatic ring is 1. The summed E-state index contributed by atoms with van der Waals surface area (Å²) < 4.78 is 0. The molecule has 1 saturated carbocycles. The Labute approximate surface area is 117 Å². The highest BCUT2D eigenvalue weighted by Gasteiger charge is 2.24. The fraction of sp³-hybridized carbons (Fsp3) is 0.467. The van der Waals surface area contributed by atoms with Crippen molar-refractivity contribution in [3.63, 3.8) is 0 Å². The maximum absolute atomic E-state index is 12.4. The van der Waals surface area contributed by atoms with E-state index in [-0.39, 0.29) is 11.9 Å². The van der Waals surface area contributed by atoms with E-state index in [2.05, 4.69) is 22.4 Å². The summed E-state index contributed by atoms with van der Waals surface area (Å²) in [5.41, 5.74) is 7.67. The molecule has 0 bridgehead atoms. The van der Waals surface area contributed by atoms with Crippen molar-refractivity contribution in [1.82, 2.24) is 15.5 Å². The second-order valence-corrected chi connectivity index (χ2v) is 5.68. The maximum Gasteiger partial charge on any atom is 0.272 e. The number of hydrogen-bond acceptors (Lipinski definition) is 3. The van der Waals surface area contributed by atoms with Gasteiger partial charge in [-0.15, -0.1) is 0 Å². The van der Waals surface area contributed by atoms with Gasteiger partial charge in [0, 0.05) is 17.1 Å². The Bertz CT molecular complexity index is 628. The molecule has 1 fully saturated rings. The third-order valence-corrected chi connectivity index (χ3v) is 4.27. The van der Waals surface area contributed by atoms with Crippen molar-refractivity contribution in [2.24, 2.45) is 5.92 Å². The van der Waals surface area contributed by atoms with Crippen LogP contribution in [0.3, 0.4) is 0 Å². The molecule has 20 heavy (non-hydrogen) atoms. The van der Waals surface area contributed by atoms with Crippen molar-refractivity contribution in [1.29, 1.82) is 0 Å². The number of rotatable bonds is 3. The Morgan fingerprint density at radius 1 is 1.45 bits per heavy atom. The zero-order valence-electron chi connectivity index (χ0n) is 11.6. The molecule has 0 saturated heterocycles. The highest BCUT2D eigenvalue weighted by molar-refractivity contribution is 6.05. The number of carbonyl (C=O) groups excluding carboxylic acids is 1. The lowest BCUT2D eigenvalue weighted by Crippen LogP contribution is -2.37. The van der Waals surface area contributed by atoms with Gasteiger partial charge in [0.25, 0.3) is 5.91 Å². The van der Waals surface area contributed by atoms with E-state index in [0.29, 0.717) is 17.3 Å². The Morgan fingerprint density at radius 3 is 2.95 bits per heavy atom. The first-order chi connectivity index (χ1) is 9.65. The third-order valence-electron chi connectivity index (χ3n) is 4.27. The highest BCUT2D eigenvalue weighted by Crippen LogP contribution is 2.28. The second kappa shape index (κ2) is 5.15. The van der Waals surface area contributed by atoms with Crippen molar-refractivity contribution in [2.75, 3.05) is 5.73 Å². The summed E-state index contributed by atoms with van der Waals surface area (Å²) >= 11 is 0. The zero-order valence-corrected chi connectivity index (χ0v) is 11.6. The summed E-state index contributed by atoms with van der Waals surface area (Å²) in [7, 11) is 0. The Balaban J connectivity index is 1.79. The average Bonchev–Trinajstić information content (AvgIpc) is 3.07. The molecule has 5 heteroatoms. The number of benzene rings is 1. The van der Waals surface area contributed by atoms with Crippen molar-refractivity contribution in [2.45, 2.75) is 38.6 Å². The highest BCUT2D eigenvalue weighted by atomic mass is 16.2. The van der Waals surface area contributed by atoms with Crippen LogP contribution in [0.2, 0.25) is 0 Å². The topological polar surface area (TPSA) is 83.8 Å². The Kier molecular flexibility index (Phi) is 3.34. The van der Waals surface area contributed by atoms with Crippen LogP contribution >= 0.6 is 0 Å². The quantitative estimate of drug-likeness (QED) is 0.750. The predicted octanol–water partition coefficient (Wildman–Crippen LogP) is 2.45. The number of H-pyrrole nitrogens is 1. The number of hydrogen-bond donors (Lipinski definition) is 3. The standard InChI is InChI=1S/C15H20N4O/c1-9(10-4-2-3-5-10)17-15(20)14-12-8-11(16)6-7-13(12)18-19-14/h6-10H,2-5,16H2,1H3,(H,17,20)(H,18,19). The minimum atomic E-state index is -0.124. The number of anilines is 1. The van der Waals surface area contributed by atoms with E-state index in [1.54, 1.807) is 12.1 Å². The lowest BCUT2D eigenvalue weighted by atomic mass is 9.99. The molecule has 1 atom stereocenters.